The third kappa shape index (κ3) is 5.68. The molecule has 1 fully saturated rings. The molecule has 0 saturated carbocycles. The van der Waals surface area contributed by atoms with Gasteiger partial charge in [-0.25, -0.2) is 15.0 Å². The van der Waals surface area contributed by atoms with Crippen LogP contribution in [-0.2, 0) is 14.4 Å². The van der Waals surface area contributed by atoms with Crippen LogP contribution in [0.5, 0.6) is 0 Å². The van der Waals surface area contributed by atoms with Gasteiger partial charge in [0.25, 0.3) is 5.91 Å². The SMILES string of the molecule is CC(C)[C@H](NC(=O)C=O)C(=O)N1CC(C(F)(F)F)C[C@H]1c1ncc(-c2ccc(-c3ncccn3)cc2)[nH]1. The molecule has 1 unspecified atom stereocenters. The summed E-state index contributed by atoms with van der Waals surface area (Å²) < 4.78 is 41.0. The molecule has 194 valence electrons. The van der Waals surface area contributed by atoms with Crippen molar-refractivity contribution >= 4 is 18.1 Å². The fourth-order valence-corrected chi connectivity index (χ4v) is 4.36. The molecule has 2 aromatic heterocycles. The first-order chi connectivity index (χ1) is 17.6. The fourth-order valence-electron chi connectivity index (χ4n) is 4.36. The number of likely N-dealkylation sites (tertiary alicyclic amines) is 1. The molecule has 3 aromatic rings. The Balaban J connectivity index is 1.61. The van der Waals surface area contributed by atoms with Crippen molar-refractivity contribution in [1.29, 1.82) is 0 Å². The van der Waals surface area contributed by atoms with E-state index in [1.54, 1.807) is 32.3 Å². The molecule has 2 amide bonds. The molecule has 1 saturated heterocycles. The van der Waals surface area contributed by atoms with Crippen LogP contribution >= 0.6 is 0 Å². The number of rotatable bonds is 7. The zero-order chi connectivity index (χ0) is 26.7. The van der Waals surface area contributed by atoms with E-state index < -0.39 is 48.5 Å². The van der Waals surface area contributed by atoms with E-state index in [0.717, 1.165) is 16.0 Å². The van der Waals surface area contributed by atoms with Gasteiger partial charge in [0.2, 0.25) is 12.2 Å². The van der Waals surface area contributed by atoms with Crippen LogP contribution in [0.1, 0.15) is 32.1 Å². The molecule has 0 bridgehead atoms. The highest BCUT2D eigenvalue weighted by Gasteiger charge is 2.51. The minimum absolute atomic E-state index is 0.0244. The maximum absolute atomic E-state index is 13.7. The maximum Gasteiger partial charge on any atom is 0.393 e. The van der Waals surface area contributed by atoms with Crippen molar-refractivity contribution in [2.75, 3.05) is 6.54 Å². The van der Waals surface area contributed by atoms with Gasteiger partial charge in [0.15, 0.2) is 5.82 Å². The van der Waals surface area contributed by atoms with Crippen molar-refractivity contribution in [1.82, 2.24) is 30.2 Å². The first kappa shape index (κ1) is 26.0. The summed E-state index contributed by atoms with van der Waals surface area (Å²) in [5.74, 6) is -3.17. The van der Waals surface area contributed by atoms with Crippen molar-refractivity contribution in [3.63, 3.8) is 0 Å². The highest BCUT2D eigenvalue weighted by atomic mass is 19.4. The number of nitrogens with one attached hydrogen (secondary N) is 2. The molecule has 2 N–H and O–H groups in total. The average molecular weight is 515 g/mol. The summed E-state index contributed by atoms with van der Waals surface area (Å²) >= 11 is 0. The number of carbonyl (C=O) groups excluding carboxylic acids is 3. The minimum atomic E-state index is -4.52. The van der Waals surface area contributed by atoms with Crippen molar-refractivity contribution in [2.45, 2.75) is 38.5 Å². The Bertz CT molecular complexity index is 1260. The summed E-state index contributed by atoms with van der Waals surface area (Å²) in [4.78, 5) is 52.6. The molecule has 0 spiro atoms. The van der Waals surface area contributed by atoms with Crippen LogP contribution < -0.4 is 5.32 Å². The van der Waals surface area contributed by atoms with Crippen molar-refractivity contribution in [3.8, 4) is 22.6 Å². The van der Waals surface area contributed by atoms with Gasteiger partial charge in [-0.05, 0) is 24.0 Å². The molecule has 1 aliphatic heterocycles. The van der Waals surface area contributed by atoms with Crippen LogP contribution in [0.4, 0.5) is 13.2 Å². The monoisotopic (exact) mass is 514 g/mol. The molecular formula is C25H25F3N6O3. The van der Waals surface area contributed by atoms with Crippen LogP contribution in [-0.4, -0.2) is 61.7 Å². The van der Waals surface area contributed by atoms with E-state index >= 15 is 0 Å². The second-order valence-electron chi connectivity index (χ2n) is 9.16. The average Bonchev–Trinajstić information content (AvgIpc) is 3.55. The number of amides is 2. The number of carbonyl (C=O) groups is 3. The zero-order valence-electron chi connectivity index (χ0n) is 20.1. The minimum Gasteiger partial charge on any atom is -0.340 e. The van der Waals surface area contributed by atoms with E-state index in [9.17, 15) is 27.6 Å². The second kappa shape index (κ2) is 10.5. The molecule has 3 heterocycles. The van der Waals surface area contributed by atoms with Crippen molar-refractivity contribution in [3.05, 3.63) is 54.7 Å². The molecule has 3 atom stereocenters. The number of aldehydes is 1. The van der Waals surface area contributed by atoms with Gasteiger partial charge in [0, 0.05) is 24.5 Å². The number of hydrogen-bond donors (Lipinski definition) is 2. The molecule has 1 aromatic carbocycles. The maximum atomic E-state index is 13.7. The summed E-state index contributed by atoms with van der Waals surface area (Å²) in [6.07, 6.45) is -0.100. The van der Waals surface area contributed by atoms with Gasteiger partial charge < -0.3 is 15.2 Å². The van der Waals surface area contributed by atoms with E-state index in [1.807, 2.05) is 24.3 Å². The second-order valence-corrected chi connectivity index (χ2v) is 9.16. The predicted octanol–water partition coefficient (Wildman–Crippen LogP) is 3.33. The highest BCUT2D eigenvalue weighted by molar-refractivity contribution is 6.24. The van der Waals surface area contributed by atoms with E-state index in [2.05, 4.69) is 25.3 Å². The lowest BCUT2D eigenvalue weighted by Crippen LogP contribution is -2.51. The number of halogens is 3. The molecular weight excluding hydrogens is 489 g/mol. The summed E-state index contributed by atoms with van der Waals surface area (Å²) in [7, 11) is 0. The molecule has 1 aliphatic rings. The Labute approximate surface area is 210 Å². The number of alkyl halides is 3. The van der Waals surface area contributed by atoms with Gasteiger partial charge in [-0.1, -0.05) is 38.1 Å². The quantitative estimate of drug-likeness (QED) is 0.369. The Morgan fingerprint density at radius 2 is 1.76 bits per heavy atom. The lowest BCUT2D eigenvalue weighted by molar-refractivity contribution is -0.171. The normalized spacial score (nSPS) is 18.6. The predicted molar refractivity (Wildman–Crippen MR) is 126 cm³/mol. The highest BCUT2D eigenvalue weighted by Crippen LogP contribution is 2.43. The Hall–Kier alpha value is -4.09. The van der Waals surface area contributed by atoms with Crippen LogP contribution in [0.3, 0.4) is 0 Å². The Morgan fingerprint density at radius 3 is 2.35 bits per heavy atom. The Morgan fingerprint density at radius 1 is 1.11 bits per heavy atom. The van der Waals surface area contributed by atoms with Gasteiger partial charge in [-0.2, -0.15) is 13.2 Å². The molecule has 12 heteroatoms. The zero-order valence-corrected chi connectivity index (χ0v) is 20.1. The number of benzene rings is 1. The number of nitrogens with zero attached hydrogens (tertiary/aromatic N) is 4. The van der Waals surface area contributed by atoms with E-state index in [4.69, 9.17) is 0 Å². The van der Waals surface area contributed by atoms with Gasteiger partial charge in [-0.3, -0.25) is 14.4 Å². The van der Waals surface area contributed by atoms with E-state index in [-0.39, 0.29) is 18.5 Å². The van der Waals surface area contributed by atoms with Gasteiger partial charge in [-0.15, -0.1) is 0 Å². The smallest absolute Gasteiger partial charge is 0.340 e. The number of H-pyrrole nitrogens is 1. The van der Waals surface area contributed by atoms with Gasteiger partial charge in [0.1, 0.15) is 11.9 Å². The van der Waals surface area contributed by atoms with Crippen LogP contribution in [0.25, 0.3) is 22.6 Å². The topological polar surface area (TPSA) is 121 Å². The third-order valence-electron chi connectivity index (χ3n) is 6.32. The molecule has 4 rings (SSSR count). The van der Waals surface area contributed by atoms with E-state index in [1.165, 1.54) is 6.20 Å². The lowest BCUT2D eigenvalue weighted by Gasteiger charge is -2.30. The number of aromatic nitrogens is 4. The summed E-state index contributed by atoms with van der Waals surface area (Å²) in [6.45, 7) is 2.69. The van der Waals surface area contributed by atoms with E-state index in [0.29, 0.717) is 11.5 Å². The van der Waals surface area contributed by atoms with Crippen LogP contribution in [0.15, 0.2) is 48.9 Å². The number of aromatic amines is 1. The van der Waals surface area contributed by atoms with Crippen molar-refractivity contribution in [2.24, 2.45) is 11.8 Å². The Kier molecular flexibility index (Phi) is 7.37. The first-order valence-electron chi connectivity index (χ1n) is 11.6. The van der Waals surface area contributed by atoms with Crippen LogP contribution in [0, 0.1) is 11.8 Å². The number of hydrogen-bond acceptors (Lipinski definition) is 6. The van der Waals surface area contributed by atoms with Crippen molar-refractivity contribution < 1.29 is 27.6 Å². The fraction of sp³-hybridized carbons (Fsp3) is 0.360. The van der Waals surface area contributed by atoms with Crippen LogP contribution in [0.2, 0.25) is 0 Å². The first-order valence-corrected chi connectivity index (χ1v) is 11.6. The summed E-state index contributed by atoms with van der Waals surface area (Å²) in [5.41, 5.74) is 2.09. The largest absolute Gasteiger partial charge is 0.393 e. The lowest BCUT2D eigenvalue weighted by atomic mass is 10.0. The summed E-state index contributed by atoms with van der Waals surface area (Å²) in [6, 6.07) is 6.82. The van der Waals surface area contributed by atoms with Gasteiger partial charge in [0.05, 0.1) is 23.9 Å². The molecule has 37 heavy (non-hydrogen) atoms. The molecule has 9 nitrogen and oxygen atoms in total. The van der Waals surface area contributed by atoms with Gasteiger partial charge >= 0.3 is 6.18 Å². The third-order valence-corrected chi connectivity index (χ3v) is 6.32. The molecule has 0 radical (unpaired) electrons. The molecule has 0 aliphatic carbocycles. The number of imidazole rings is 1. The standard InChI is InChI=1S/C25H25F3N6O3/c1-14(2)21(33-20(36)13-35)24(37)34-12-17(25(26,27)28)10-19(34)23-31-11-18(32-23)15-4-6-16(7-5-15)22-29-8-3-9-30-22/h3-9,11,13-14,17,19,21H,10,12H2,1-2H3,(H,31,32)(H,33,36)/t17?,19-,21-/m0/s1. The summed E-state index contributed by atoms with van der Waals surface area (Å²) in [5, 5.41) is 2.30.